The van der Waals surface area contributed by atoms with Gasteiger partial charge in [0.15, 0.2) is 0 Å². The molecule has 0 fully saturated rings. The Morgan fingerprint density at radius 1 is 1.09 bits per heavy atom. The van der Waals surface area contributed by atoms with Crippen LogP contribution >= 0.6 is 34.8 Å². The third kappa shape index (κ3) is 5.88. The van der Waals surface area contributed by atoms with Crippen LogP contribution in [-0.4, -0.2) is 33.7 Å². The minimum atomic E-state index is -0.881. The number of amides is 3. The second-order valence-corrected chi connectivity index (χ2v) is 7.46. The van der Waals surface area contributed by atoms with E-state index in [2.05, 4.69) is 26.3 Å². The van der Waals surface area contributed by atoms with Gasteiger partial charge in [-0.1, -0.05) is 34.8 Å². The Morgan fingerprint density at radius 3 is 2.56 bits per heavy atom. The monoisotopic (exact) mass is 496 g/mol. The first-order valence-corrected chi connectivity index (χ1v) is 10.0. The highest BCUT2D eigenvalue weighted by Crippen LogP contribution is 2.24. The molecule has 0 unspecified atom stereocenters. The van der Waals surface area contributed by atoms with Gasteiger partial charge in [-0.05, 0) is 30.3 Å². The van der Waals surface area contributed by atoms with Gasteiger partial charge in [-0.2, -0.15) is 10.2 Å². The molecular formula is C19H15Cl3N6O4. The van der Waals surface area contributed by atoms with E-state index in [1.807, 2.05) is 0 Å². The molecule has 0 spiro atoms. The Morgan fingerprint density at radius 2 is 1.88 bits per heavy atom. The van der Waals surface area contributed by atoms with E-state index in [1.165, 1.54) is 35.3 Å². The summed E-state index contributed by atoms with van der Waals surface area (Å²) in [7, 11) is 1.57. The maximum Gasteiger partial charge on any atom is 0.313 e. The molecule has 3 aromatic rings. The van der Waals surface area contributed by atoms with Gasteiger partial charge in [0.25, 0.3) is 5.91 Å². The lowest BCUT2D eigenvalue weighted by atomic mass is 10.3. The van der Waals surface area contributed by atoms with E-state index >= 15 is 0 Å². The van der Waals surface area contributed by atoms with Crippen LogP contribution in [-0.2, 0) is 23.2 Å². The maximum absolute atomic E-state index is 12.1. The van der Waals surface area contributed by atoms with E-state index in [1.54, 1.807) is 19.2 Å². The van der Waals surface area contributed by atoms with Crippen LogP contribution in [0.4, 0.5) is 5.69 Å². The van der Waals surface area contributed by atoms with Gasteiger partial charge >= 0.3 is 11.8 Å². The number of carbonyl (C=O) groups excluding carboxylic acids is 3. The average Bonchev–Trinajstić information content (AvgIpc) is 3.34. The van der Waals surface area contributed by atoms with Crippen LogP contribution in [0.25, 0.3) is 0 Å². The van der Waals surface area contributed by atoms with E-state index in [9.17, 15) is 14.4 Å². The zero-order valence-electron chi connectivity index (χ0n) is 16.4. The van der Waals surface area contributed by atoms with Crippen molar-refractivity contribution < 1.29 is 18.8 Å². The molecule has 32 heavy (non-hydrogen) atoms. The molecule has 0 saturated heterocycles. The van der Waals surface area contributed by atoms with Gasteiger partial charge < -0.3 is 15.1 Å². The van der Waals surface area contributed by atoms with E-state index < -0.39 is 17.7 Å². The van der Waals surface area contributed by atoms with Crippen LogP contribution in [0.15, 0.2) is 46.0 Å². The number of hydrogen-bond donors (Lipinski definition) is 3. The Hall–Kier alpha value is -3.34. The minimum absolute atomic E-state index is 0.0432. The number of benzene rings is 1. The van der Waals surface area contributed by atoms with Gasteiger partial charge in [0.1, 0.15) is 17.2 Å². The van der Waals surface area contributed by atoms with Gasteiger partial charge in [0.2, 0.25) is 0 Å². The van der Waals surface area contributed by atoms with Crippen molar-refractivity contribution in [3.63, 3.8) is 0 Å². The van der Waals surface area contributed by atoms with E-state index in [-0.39, 0.29) is 22.3 Å². The predicted molar refractivity (Wildman–Crippen MR) is 119 cm³/mol. The van der Waals surface area contributed by atoms with Crippen molar-refractivity contribution in [2.24, 2.45) is 12.1 Å². The van der Waals surface area contributed by atoms with Crippen molar-refractivity contribution in [2.75, 3.05) is 5.32 Å². The van der Waals surface area contributed by atoms with Crippen LogP contribution in [0.5, 0.6) is 0 Å². The Balaban J connectivity index is 1.48. The van der Waals surface area contributed by atoms with Crippen molar-refractivity contribution in [1.29, 1.82) is 0 Å². The number of carbonyl (C=O) groups is 3. The number of nitrogens with zero attached hydrogens (tertiary/aromatic N) is 3. The zero-order valence-corrected chi connectivity index (χ0v) is 18.6. The molecule has 0 saturated carbocycles. The van der Waals surface area contributed by atoms with E-state index in [4.69, 9.17) is 39.2 Å². The number of halogens is 3. The summed E-state index contributed by atoms with van der Waals surface area (Å²) in [5, 5.41) is 13.2. The lowest BCUT2D eigenvalue weighted by Crippen LogP contribution is -2.34. The Bertz CT molecular complexity index is 1180. The number of aromatic nitrogens is 2. The summed E-state index contributed by atoms with van der Waals surface area (Å²) >= 11 is 17.6. The highest BCUT2D eigenvalue weighted by atomic mass is 35.5. The van der Waals surface area contributed by atoms with Gasteiger partial charge in [0.05, 0.1) is 34.0 Å². The number of hydrogen-bond acceptors (Lipinski definition) is 6. The molecule has 13 heteroatoms. The molecule has 2 aromatic heterocycles. The number of aryl methyl sites for hydroxylation is 1. The first kappa shape index (κ1) is 23.3. The van der Waals surface area contributed by atoms with Crippen molar-refractivity contribution in [1.82, 2.24) is 20.5 Å². The van der Waals surface area contributed by atoms with Crippen LogP contribution in [0.2, 0.25) is 15.1 Å². The van der Waals surface area contributed by atoms with Crippen molar-refractivity contribution >= 4 is 64.4 Å². The van der Waals surface area contributed by atoms with Gasteiger partial charge in [-0.3, -0.25) is 19.1 Å². The summed E-state index contributed by atoms with van der Waals surface area (Å²) in [4.78, 5) is 36.0. The SMILES string of the molecule is Cn1ncc(Cl)c1C(=O)NN=Cc1ccc(CNC(=O)C(=O)Nc2ccc(Cl)c(Cl)c2)o1. The second kappa shape index (κ2) is 10.3. The molecule has 1 aromatic carbocycles. The molecule has 3 N–H and O–H groups in total. The molecule has 10 nitrogen and oxygen atoms in total. The number of rotatable bonds is 6. The Kier molecular flexibility index (Phi) is 7.52. The third-order valence-electron chi connectivity index (χ3n) is 3.96. The molecule has 166 valence electrons. The number of anilines is 1. The van der Waals surface area contributed by atoms with Crippen LogP contribution < -0.4 is 16.1 Å². The van der Waals surface area contributed by atoms with E-state index in [0.29, 0.717) is 22.2 Å². The fourth-order valence-corrected chi connectivity index (χ4v) is 2.99. The summed E-state index contributed by atoms with van der Waals surface area (Å²) in [5.41, 5.74) is 2.79. The standard InChI is InChI=1S/C19H15Cl3N6O4/c1-28-16(15(22)9-25-28)17(29)27-24-8-12-4-3-11(32-12)7-23-18(30)19(31)26-10-2-5-13(20)14(21)6-10/h2-6,8-9H,7H2,1H3,(H,23,30)(H,26,31)(H,27,29). The first-order valence-electron chi connectivity index (χ1n) is 8.88. The number of hydrazone groups is 1. The van der Waals surface area contributed by atoms with Gasteiger partial charge in [-0.25, -0.2) is 5.43 Å². The summed E-state index contributed by atoms with van der Waals surface area (Å²) in [5.74, 6) is -1.62. The molecule has 0 aliphatic carbocycles. The smallest absolute Gasteiger partial charge is 0.313 e. The predicted octanol–water partition coefficient (Wildman–Crippen LogP) is 2.99. The number of nitrogens with one attached hydrogen (secondary N) is 3. The van der Waals surface area contributed by atoms with Crippen LogP contribution in [0.3, 0.4) is 0 Å². The summed E-state index contributed by atoms with van der Waals surface area (Å²) in [6.45, 7) is -0.0432. The maximum atomic E-state index is 12.1. The van der Waals surface area contributed by atoms with Gasteiger partial charge in [0, 0.05) is 12.7 Å². The van der Waals surface area contributed by atoms with Crippen molar-refractivity contribution in [2.45, 2.75) is 6.54 Å². The molecule has 0 aliphatic heterocycles. The topological polar surface area (TPSA) is 131 Å². The first-order chi connectivity index (χ1) is 15.2. The fourth-order valence-electron chi connectivity index (χ4n) is 2.44. The fraction of sp³-hybridized carbons (Fsp3) is 0.105. The molecule has 0 atom stereocenters. The summed E-state index contributed by atoms with van der Waals surface area (Å²) in [6, 6.07) is 7.59. The summed E-state index contributed by atoms with van der Waals surface area (Å²) in [6.07, 6.45) is 2.61. The highest BCUT2D eigenvalue weighted by molar-refractivity contribution is 6.43. The highest BCUT2D eigenvalue weighted by Gasteiger charge is 2.16. The average molecular weight is 498 g/mol. The van der Waals surface area contributed by atoms with Crippen molar-refractivity contribution in [3.8, 4) is 0 Å². The molecular weight excluding hydrogens is 483 g/mol. The zero-order chi connectivity index (χ0) is 23.3. The Labute approximate surface area is 196 Å². The van der Waals surface area contributed by atoms with Gasteiger partial charge in [-0.15, -0.1) is 0 Å². The number of furan rings is 1. The molecule has 0 bridgehead atoms. The van der Waals surface area contributed by atoms with E-state index in [0.717, 1.165) is 0 Å². The minimum Gasteiger partial charge on any atom is -0.458 e. The third-order valence-corrected chi connectivity index (χ3v) is 4.97. The molecule has 2 heterocycles. The quantitative estimate of drug-likeness (QED) is 0.274. The van der Waals surface area contributed by atoms with Crippen molar-refractivity contribution in [3.05, 3.63) is 68.8 Å². The largest absolute Gasteiger partial charge is 0.458 e. The molecule has 0 aliphatic rings. The second-order valence-electron chi connectivity index (χ2n) is 6.23. The molecule has 0 radical (unpaired) electrons. The normalized spacial score (nSPS) is 10.9. The summed E-state index contributed by atoms with van der Waals surface area (Å²) < 4.78 is 6.78. The lowest BCUT2D eigenvalue weighted by molar-refractivity contribution is -0.136. The van der Waals surface area contributed by atoms with Crippen LogP contribution in [0.1, 0.15) is 22.0 Å². The molecule has 3 rings (SSSR count). The van der Waals surface area contributed by atoms with Crippen LogP contribution in [0, 0.1) is 0 Å². The lowest BCUT2D eigenvalue weighted by Gasteiger charge is -2.06. The molecule has 3 amide bonds.